The van der Waals surface area contributed by atoms with Gasteiger partial charge in [0.25, 0.3) is 0 Å². The highest BCUT2D eigenvalue weighted by atomic mass is 16.3. The van der Waals surface area contributed by atoms with Gasteiger partial charge in [-0.2, -0.15) is 0 Å². The van der Waals surface area contributed by atoms with Gasteiger partial charge in [0.05, 0.1) is 11.9 Å². The van der Waals surface area contributed by atoms with E-state index >= 15 is 0 Å². The molecule has 0 saturated carbocycles. The normalized spacial score (nSPS) is 12.8. The quantitative estimate of drug-likeness (QED) is 0.711. The molecule has 0 aliphatic heterocycles. The van der Waals surface area contributed by atoms with Gasteiger partial charge in [0, 0.05) is 12.6 Å². The van der Waals surface area contributed by atoms with Crippen molar-refractivity contribution < 1.29 is 5.11 Å². The van der Waals surface area contributed by atoms with Crippen LogP contribution < -0.4 is 11.1 Å². The standard InChI is InChI=1S/C12H21N3O/c1-8(2)11(4-5-16)15-12-9(3)6-10(13)7-14-12/h6-8,11,16H,4-5,13H2,1-3H3,(H,14,15). The van der Waals surface area contributed by atoms with Crippen LogP contribution in [-0.2, 0) is 0 Å². The first kappa shape index (κ1) is 12.8. The lowest BCUT2D eigenvalue weighted by molar-refractivity contribution is 0.267. The molecule has 90 valence electrons. The molecule has 1 heterocycles. The van der Waals surface area contributed by atoms with Crippen molar-refractivity contribution in [2.24, 2.45) is 5.92 Å². The average Bonchev–Trinajstić information content (AvgIpc) is 2.20. The molecular weight excluding hydrogens is 202 g/mol. The first-order chi connectivity index (χ1) is 7.54. The van der Waals surface area contributed by atoms with Crippen LogP contribution in [0.4, 0.5) is 11.5 Å². The second kappa shape index (κ2) is 5.70. The molecule has 1 rings (SSSR count). The van der Waals surface area contributed by atoms with Crippen LogP contribution in [0.1, 0.15) is 25.8 Å². The van der Waals surface area contributed by atoms with Gasteiger partial charge in [-0.15, -0.1) is 0 Å². The Balaban J connectivity index is 2.77. The maximum absolute atomic E-state index is 9.00. The number of nitrogens with zero attached hydrogens (tertiary/aromatic N) is 1. The summed E-state index contributed by atoms with van der Waals surface area (Å²) in [4.78, 5) is 4.26. The predicted octanol–water partition coefficient (Wildman–Crippen LogP) is 1.79. The van der Waals surface area contributed by atoms with Crippen LogP contribution in [0.25, 0.3) is 0 Å². The highest BCUT2D eigenvalue weighted by molar-refractivity contribution is 5.51. The van der Waals surface area contributed by atoms with Gasteiger partial charge >= 0.3 is 0 Å². The van der Waals surface area contributed by atoms with E-state index in [4.69, 9.17) is 10.8 Å². The summed E-state index contributed by atoms with van der Waals surface area (Å²) in [6.07, 6.45) is 2.37. The molecule has 1 aromatic rings. The average molecular weight is 223 g/mol. The van der Waals surface area contributed by atoms with Gasteiger partial charge in [-0.3, -0.25) is 0 Å². The third-order valence-corrected chi connectivity index (χ3v) is 2.67. The molecule has 1 unspecified atom stereocenters. The number of aromatic nitrogens is 1. The van der Waals surface area contributed by atoms with Gasteiger partial charge in [0.15, 0.2) is 0 Å². The maximum Gasteiger partial charge on any atom is 0.129 e. The van der Waals surface area contributed by atoms with E-state index in [9.17, 15) is 0 Å². The number of hydrogen-bond acceptors (Lipinski definition) is 4. The number of aliphatic hydroxyl groups is 1. The molecule has 0 bridgehead atoms. The predicted molar refractivity (Wildman–Crippen MR) is 67.3 cm³/mol. The van der Waals surface area contributed by atoms with Gasteiger partial charge in [0.1, 0.15) is 5.82 Å². The van der Waals surface area contributed by atoms with Crippen molar-refractivity contribution in [3.8, 4) is 0 Å². The Hall–Kier alpha value is -1.29. The van der Waals surface area contributed by atoms with Gasteiger partial charge in [-0.25, -0.2) is 4.98 Å². The lowest BCUT2D eigenvalue weighted by Crippen LogP contribution is -2.27. The fraction of sp³-hybridized carbons (Fsp3) is 0.583. The van der Waals surface area contributed by atoms with Gasteiger partial charge in [0.2, 0.25) is 0 Å². The molecular formula is C12H21N3O. The summed E-state index contributed by atoms with van der Waals surface area (Å²) in [5, 5.41) is 12.3. The highest BCUT2D eigenvalue weighted by Crippen LogP contribution is 2.18. The largest absolute Gasteiger partial charge is 0.397 e. The van der Waals surface area contributed by atoms with E-state index in [1.807, 2.05) is 13.0 Å². The van der Waals surface area contributed by atoms with E-state index in [1.54, 1.807) is 6.20 Å². The molecule has 4 nitrogen and oxygen atoms in total. The topological polar surface area (TPSA) is 71.2 Å². The van der Waals surface area contributed by atoms with E-state index in [-0.39, 0.29) is 12.6 Å². The van der Waals surface area contributed by atoms with Crippen LogP contribution in [0.5, 0.6) is 0 Å². The monoisotopic (exact) mass is 223 g/mol. The number of nitrogens with two attached hydrogens (primary N) is 1. The summed E-state index contributed by atoms with van der Waals surface area (Å²) < 4.78 is 0. The number of nitrogens with one attached hydrogen (secondary N) is 1. The number of nitrogen functional groups attached to an aromatic ring is 1. The molecule has 16 heavy (non-hydrogen) atoms. The smallest absolute Gasteiger partial charge is 0.129 e. The van der Waals surface area contributed by atoms with Crippen molar-refractivity contribution in [2.75, 3.05) is 17.7 Å². The van der Waals surface area contributed by atoms with Crippen LogP contribution in [0.15, 0.2) is 12.3 Å². The Kier molecular flexibility index (Phi) is 4.55. The first-order valence-electron chi connectivity index (χ1n) is 5.64. The number of rotatable bonds is 5. The van der Waals surface area contributed by atoms with Crippen molar-refractivity contribution in [3.05, 3.63) is 17.8 Å². The summed E-state index contributed by atoms with van der Waals surface area (Å²) in [6.45, 7) is 6.41. The Labute approximate surface area is 96.9 Å². The molecule has 1 atom stereocenters. The highest BCUT2D eigenvalue weighted by Gasteiger charge is 2.14. The first-order valence-corrected chi connectivity index (χ1v) is 5.64. The van der Waals surface area contributed by atoms with Gasteiger partial charge in [-0.05, 0) is 30.9 Å². The SMILES string of the molecule is Cc1cc(N)cnc1NC(CCO)C(C)C. The molecule has 1 aromatic heterocycles. The molecule has 0 aliphatic carbocycles. The van der Waals surface area contributed by atoms with E-state index in [2.05, 4.69) is 24.1 Å². The van der Waals surface area contributed by atoms with Crippen LogP contribution in [-0.4, -0.2) is 22.7 Å². The molecule has 0 amide bonds. The number of aryl methyl sites for hydroxylation is 1. The van der Waals surface area contributed by atoms with E-state index in [1.165, 1.54) is 0 Å². The summed E-state index contributed by atoms with van der Waals surface area (Å²) in [6, 6.07) is 2.13. The summed E-state index contributed by atoms with van der Waals surface area (Å²) in [5.41, 5.74) is 7.35. The molecule has 0 aromatic carbocycles. The van der Waals surface area contributed by atoms with Crippen molar-refractivity contribution in [3.63, 3.8) is 0 Å². The maximum atomic E-state index is 9.00. The fourth-order valence-corrected chi connectivity index (χ4v) is 1.63. The zero-order valence-corrected chi connectivity index (χ0v) is 10.2. The minimum atomic E-state index is 0.184. The zero-order chi connectivity index (χ0) is 12.1. The molecule has 0 aliphatic rings. The van der Waals surface area contributed by atoms with Crippen LogP contribution >= 0.6 is 0 Å². The lowest BCUT2D eigenvalue weighted by atomic mass is 10.0. The van der Waals surface area contributed by atoms with Crippen molar-refractivity contribution in [2.45, 2.75) is 33.2 Å². The second-order valence-electron chi connectivity index (χ2n) is 4.44. The van der Waals surface area contributed by atoms with Crippen molar-refractivity contribution >= 4 is 11.5 Å². The molecule has 4 heteroatoms. The number of anilines is 2. The lowest BCUT2D eigenvalue weighted by Gasteiger charge is -2.23. The molecule has 0 fully saturated rings. The van der Waals surface area contributed by atoms with Crippen molar-refractivity contribution in [1.29, 1.82) is 0 Å². The second-order valence-corrected chi connectivity index (χ2v) is 4.44. The van der Waals surface area contributed by atoms with Crippen LogP contribution in [0.2, 0.25) is 0 Å². The minimum absolute atomic E-state index is 0.184. The van der Waals surface area contributed by atoms with Gasteiger partial charge < -0.3 is 16.2 Å². The van der Waals surface area contributed by atoms with E-state index in [0.29, 0.717) is 11.6 Å². The van der Waals surface area contributed by atoms with E-state index in [0.717, 1.165) is 17.8 Å². The van der Waals surface area contributed by atoms with Gasteiger partial charge in [-0.1, -0.05) is 13.8 Å². The summed E-state index contributed by atoms with van der Waals surface area (Å²) in [5.74, 6) is 1.30. The molecule has 0 spiro atoms. The fourth-order valence-electron chi connectivity index (χ4n) is 1.63. The van der Waals surface area contributed by atoms with E-state index < -0.39 is 0 Å². The third kappa shape index (κ3) is 3.38. The Morgan fingerprint density at radius 2 is 2.19 bits per heavy atom. The third-order valence-electron chi connectivity index (χ3n) is 2.67. The van der Waals surface area contributed by atoms with Crippen molar-refractivity contribution in [1.82, 2.24) is 4.98 Å². The molecule has 0 saturated heterocycles. The Morgan fingerprint density at radius 3 is 2.69 bits per heavy atom. The zero-order valence-electron chi connectivity index (χ0n) is 10.2. The molecule has 0 radical (unpaired) electrons. The minimum Gasteiger partial charge on any atom is -0.397 e. The molecule has 4 N–H and O–H groups in total. The summed E-state index contributed by atoms with van der Waals surface area (Å²) >= 11 is 0. The number of aliphatic hydroxyl groups excluding tert-OH is 1. The Bertz CT molecular complexity index is 339. The summed E-state index contributed by atoms with van der Waals surface area (Å²) in [7, 11) is 0. The number of hydrogen-bond donors (Lipinski definition) is 3. The Morgan fingerprint density at radius 1 is 1.50 bits per heavy atom. The van der Waals surface area contributed by atoms with Crippen LogP contribution in [0.3, 0.4) is 0 Å². The number of pyridine rings is 1. The van der Waals surface area contributed by atoms with Crippen LogP contribution in [0, 0.1) is 12.8 Å².